The van der Waals surface area contributed by atoms with Crippen LogP contribution in [0.3, 0.4) is 0 Å². The molecule has 0 spiro atoms. The Kier molecular flexibility index (Phi) is 5.60. The standard InChI is InChI=1S/C20H31N5O2/c1-20(2,3)25-14-16(13-18(25)26)22-19(27)21-15-5-7-17(8-6-15)24-11-9-23(4)10-12-24/h5-8,16H,9-14H2,1-4H3,(H2,21,22,27). The van der Waals surface area contributed by atoms with E-state index in [4.69, 9.17) is 0 Å². The molecule has 1 aromatic rings. The van der Waals surface area contributed by atoms with E-state index in [9.17, 15) is 9.59 Å². The number of anilines is 2. The molecular formula is C20H31N5O2. The fraction of sp³-hybridized carbons (Fsp3) is 0.600. The molecule has 0 aliphatic carbocycles. The molecule has 1 aromatic carbocycles. The van der Waals surface area contributed by atoms with Crippen LogP contribution in [0.5, 0.6) is 0 Å². The molecule has 0 radical (unpaired) electrons. The quantitative estimate of drug-likeness (QED) is 0.850. The minimum atomic E-state index is -0.268. The number of benzene rings is 1. The van der Waals surface area contributed by atoms with Crippen molar-refractivity contribution in [1.29, 1.82) is 0 Å². The third-order valence-electron chi connectivity index (χ3n) is 5.26. The minimum Gasteiger partial charge on any atom is -0.369 e. The van der Waals surface area contributed by atoms with Crippen LogP contribution in [0.15, 0.2) is 24.3 Å². The number of likely N-dealkylation sites (N-methyl/N-ethyl adjacent to an activating group) is 1. The average Bonchev–Trinajstić information content (AvgIpc) is 2.97. The summed E-state index contributed by atoms with van der Waals surface area (Å²) in [6, 6.07) is 7.52. The van der Waals surface area contributed by atoms with E-state index in [1.54, 1.807) is 0 Å². The zero-order valence-corrected chi connectivity index (χ0v) is 16.8. The molecule has 3 amide bonds. The predicted octanol–water partition coefficient (Wildman–Crippen LogP) is 1.96. The third-order valence-corrected chi connectivity index (χ3v) is 5.26. The monoisotopic (exact) mass is 373 g/mol. The normalized spacial score (nSPS) is 21.5. The van der Waals surface area contributed by atoms with Crippen LogP contribution >= 0.6 is 0 Å². The second-order valence-electron chi connectivity index (χ2n) is 8.51. The summed E-state index contributed by atoms with van der Waals surface area (Å²) in [5, 5.41) is 5.78. The lowest BCUT2D eigenvalue weighted by Gasteiger charge is -2.34. The molecule has 0 aromatic heterocycles. The highest BCUT2D eigenvalue weighted by molar-refractivity contribution is 5.90. The first-order valence-electron chi connectivity index (χ1n) is 9.64. The van der Waals surface area contributed by atoms with Gasteiger partial charge in [-0.1, -0.05) is 0 Å². The molecule has 2 saturated heterocycles. The van der Waals surface area contributed by atoms with Gasteiger partial charge in [-0.3, -0.25) is 4.79 Å². The number of piperazine rings is 1. The van der Waals surface area contributed by atoms with E-state index < -0.39 is 0 Å². The Bertz CT molecular complexity index is 675. The zero-order valence-electron chi connectivity index (χ0n) is 16.8. The minimum absolute atomic E-state index is 0.0873. The number of hydrogen-bond donors (Lipinski definition) is 2. The molecule has 2 heterocycles. The van der Waals surface area contributed by atoms with E-state index in [0.717, 1.165) is 31.9 Å². The fourth-order valence-electron chi connectivity index (χ4n) is 3.63. The lowest BCUT2D eigenvalue weighted by molar-refractivity contribution is -0.131. The van der Waals surface area contributed by atoms with Crippen LogP contribution in [0.4, 0.5) is 16.2 Å². The number of nitrogens with one attached hydrogen (secondary N) is 2. The van der Waals surface area contributed by atoms with Crippen LogP contribution in [0.1, 0.15) is 27.2 Å². The lowest BCUT2D eigenvalue weighted by atomic mass is 10.1. The van der Waals surface area contributed by atoms with Crippen molar-refractivity contribution in [3.05, 3.63) is 24.3 Å². The summed E-state index contributed by atoms with van der Waals surface area (Å²) in [5.74, 6) is 0.0873. The molecule has 0 saturated carbocycles. The van der Waals surface area contributed by atoms with Crippen LogP contribution in [0.2, 0.25) is 0 Å². The van der Waals surface area contributed by atoms with Gasteiger partial charge in [-0.25, -0.2) is 4.79 Å². The molecule has 2 fully saturated rings. The molecule has 1 unspecified atom stereocenters. The molecule has 148 valence electrons. The second-order valence-corrected chi connectivity index (χ2v) is 8.51. The molecule has 1 atom stereocenters. The van der Waals surface area contributed by atoms with E-state index in [2.05, 4.69) is 27.5 Å². The summed E-state index contributed by atoms with van der Waals surface area (Å²) < 4.78 is 0. The molecule has 27 heavy (non-hydrogen) atoms. The highest BCUT2D eigenvalue weighted by Crippen LogP contribution is 2.22. The number of urea groups is 1. The summed E-state index contributed by atoms with van der Waals surface area (Å²) in [7, 11) is 2.14. The Morgan fingerprint density at radius 3 is 2.26 bits per heavy atom. The number of carbonyl (C=O) groups is 2. The van der Waals surface area contributed by atoms with Crippen LogP contribution in [-0.2, 0) is 4.79 Å². The molecule has 2 aliphatic heterocycles. The van der Waals surface area contributed by atoms with Crippen LogP contribution < -0.4 is 15.5 Å². The van der Waals surface area contributed by atoms with Gasteiger partial charge in [-0.15, -0.1) is 0 Å². The number of carbonyl (C=O) groups excluding carboxylic acids is 2. The van der Waals surface area contributed by atoms with Gasteiger partial charge in [0.25, 0.3) is 0 Å². The van der Waals surface area contributed by atoms with E-state index in [1.807, 2.05) is 49.9 Å². The van der Waals surface area contributed by atoms with E-state index in [0.29, 0.717) is 13.0 Å². The Hall–Kier alpha value is -2.28. The van der Waals surface area contributed by atoms with Gasteiger partial charge in [0.15, 0.2) is 0 Å². The first kappa shape index (κ1) is 19.5. The fourth-order valence-corrected chi connectivity index (χ4v) is 3.63. The molecule has 3 rings (SSSR count). The van der Waals surface area contributed by atoms with Gasteiger partial charge in [0.05, 0.1) is 6.04 Å². The van der Waals surface area contributed by atoms with Crippen LogP contribution in [-0.4, -0.2) is 73.1 Å². The Labute approximate surface area is 161 Å². The van der Waals surface area contributed by atoms with Gasteiger partial charge >= 0.3 is 6.03 Å². The second kappa shape index (κ2) is 7.76. The number of amides is 3. The Morgan fingerprint density at radius 2 is 1.70 bits per heavy atom. The Balaban J connectivity index is 1.50. The number of nitrogens with zero attached hydrogens (tertiary/aromatic N) is 3. The topological polar surface area (TPSA) is 67.9 Å². The SMILES string of the molecule is CN1CCN(c2ccc(NC(=O)NC3CC(=O)N(C(C)(C)C)C3)cc2)CC1. The highest BCUT2D eigenvalue weighted by atomic mass is 16.2. The lowest BCUT2D eigenvalue weighted by Crippen LogP contribution is -2.45. The molecule has 2 aliphatic rings. The number of rotatable bonds is 3. The van der Waals surface area contributed by atoms with E-state index in [-0.39, 0.29) is 23.5 Å². The molecule has 7 heteroatoms. The number of likely N-dealkylation sites (tertiary alicyclic amines) is 1. The van der Waals surface area contributed by atoms with Gasteiger partial charge in [0, 0.05) is 56.1 Å². The summed E-state index contributed by atoms with van der Waals surface area (Å²) >= 11 is 0. The van der Waals surface area contributed by atoms with E-state index in [1.165, 1.54) is 5.69 Å². The molecule has 2 N–H and O–H groups in total. The molecule has 7 nitrogen and oxygen atoms in total. The summed E-state index contributed by atoms with van der Waals surface area (Å²) in [5.41, 5.74) is 1.71. The first-order valence-corrected chi connectivity index (χ1v) is 9.64. The van der Waals surface area contributed by atoms with Crippen molar-refractivity contribution in [1.82, 2.24) is 15.1 Å². The maximum Gasteiger partial charge on any atom is 0.319 e. The summed E-state index contributed by atoms with van der Waals surface area (Å²) in [4.78, 5) is 30.9. The number of hydrogen-bond acceptors (Lipinski definition) is 4. The van der Waals surface area contributed by atoms with Crippen LogP contribution in [0.25, 0.3) is 0 Å². The largest absolute Gasteiger partial charge is 0.369 e. The van der Waals surface area contributed by atoms with E-state index >= 15 is 0 Å². The predicted molar refractivity (Wildman–Crippen MR) is 108 cm³/mol. The molecule has 0 bridgehead atoms. The van der Waals surface area contributed by atoms with Crippen molar-refractivity contribution in [3.63, 3.8) is 0 Å². The average molecular weight is 374 g/mol. The maximum atomic E-state index is 12.3. The van der Waals surface area contributed by atoms with Crippen molar-refractivity contribution in [2.75, 3.05) is 50.0 Å². The van der Waals surface area contributed by atoms with Crippen molar-refractivity contribution >= 4 is 23.3 Å². The summed E-state index contributed by atoms with van der Waals surface area (Å²) in [6.07, 6.45) is 0.354. The van der Waals surface area contributed by atoms with Gasteiger partial charge in [-0.2, -0.15) is 0 Å². The summed E-state index contributed by atoms with van der Waals surface area (Å²) in [6.45, 7) is 10.7. The zero-order chi connectivity index (χ0) is 19.6. The smallest absolute Gasteiger partial charge is 0.319 e. The molecular weight excluding hydrogens is 342 g/mol. The highest BCUT2D eigenvalue weighted by Gasteiger charge is 2.36. The van der Waals surface area contributed by atoms with Gasteiger partial charge < -0.3 is 25.3 Å². The van der Waals surface area contributed by atoms with Crippen LogP contribution in [0, 0.1) is 0 Å². The van der Waals surface area contributed by atoms with Gasteiger partial charge in [-0.05, 0) is 52.1 Å². The van der Waals surface area contributed by atoms with Crippen molar-refractivity contribution in [2.24, 2.45) is 0 Å². The van der Waals surface area contributed by atoms with Gasteiger partial charge in [0.2, 0.25) is 5.91 Å². The van der Waals surface area contributed by atoms with Crippen molar-refractivity contribution in [2.45, 2.75) is 38.8 Å². The van der Waals surface area contributed by atoms with Crippen molar-refractivity contribution < 1.29 is 9.59 Å². The Morgan fingerprint density at radius 1 is 1.07 bits per heavy atom. The van der Waals surface area contributed by atoms with Gasteiger partial charge in [0.1, 0.15) is 0 Å². The van der Waals surface area contributed by atoms with Crippen molar-refractivity contribution in [3.8, 4) is 0 Å². The third kappa shape index (κ3) is 4.91. The first-order chi connectivity index (χ1) is 12.7. The maximum absolute atomic E-state index is 12.3.